The van der Waals surface area contributed by atoms with Crippen LogP contribution in [0.15, 0.2) is 36.0 Å². The fraction of sp³-hybridized carbons (Fsp3) is 0.542. The highest BCUT2D eigenvalue weighted by Gasteiger charge is 2.41. The Balaban J connectivity index is 1.41. The van der Waals surface area contributed by atoms with Crippen molar-refractivity contribution in [3.63, 3.8) is 0 Å². The van der Waals surface area contributed by atoms with Gasteiger partial charge < -0.3 is 20.3 Å². The van der Waals surface area contributed by atoms with Crippen molar-refractivity contribution in [2.45, 2.75) is 44.5 Å². The third-order valence-electron chi connectivity index (χ3n) is 7.25. The molecular weight excluding hydrogens is 395 g/mol. The molecular formula is C24H31FN4O2. The van der Waals surface area contributed by atoms with E-state index in [0.717, 1.165) is 56.4 Å². The molecule has 166 valence electrons. The highest BCUT2D eigenvalue weighted by atomic mass is 19.1. The molecule has 3 heterocycles. The first-order valence-electron chi connectivity index (χ1n) is 11.4. The van der Waals surface area contributed by atoms with Crippen LogP contribution in [0.3, 0.4) is 0 Å². The van der Waals surface area contributed by atoms with Crippen LogP contribution in [0.4, 0.5) is 4.39 Å². The number of carbonyl (C=O) groups is 1. The zero-order valence-electron chi connectivity index (χ0n) is 18.0. The number of rotatable bonds is 6. The van der Waals surface area contributed by atoms with Crippen LogP contribution in [0.25, 0.3) is 10.9 Å². The summed E-state index contributed by atoms with van der Waals surface area (Å²) < 4.78 is 14.5. The van der Waals surface area contributed by atoms with Gasteiger partial charge in [0.05, 0.1) is 0 Å². The number of piperidine rings is 1. The molecule has 2 aromatic rings. The number of aliphatic hydroxyl groups is 1. The van der Waals surface area contributed by atoms with Gasteiger partial charge in [0.15, 0.2) is 0 Å². The van der Waals surface area contributed by atoms with Gasteiger partial charge >= 0.3 is 0 Å². The second-order valence-electron chi connectivity index (χ2n) is 9.29. The summed E-state index contributed by atoms with van der Waals surface area (Å²) in [6.45, 7) is 2.86. The molecule has 5 rings (SSSR count). The summed E-state index contributed by atoms with van der Waals surface area (Å²) in [5, 5.41) is 15.6. The lowest BCUT2D eigenvalue weighted by molar-refractivity contribution is -0.125. The maximum atomic E-state index is 14.5. The quantitative estimate of drug-likeness (QED) is 0.621. The Morgan fingerprint density at radius 3 is 2.94 bits per heavy atom. The Labute approximate surface area is 182 Å². The van der Waals surface area contributed by atoms with Crippen molar-refractivity contribution in [2.75, 3.05) is 26.7 Å². The number of amides is 1. The van der Waals surface area contributed by atoms with E-state index in [1.807, 2.05) is 19.3 Å². The summed E-state index contributed by atoms with van der Waals surface area (Å²) in [5.41, 5.74) is 2.84. The number of aromatic nitrogens is 1. The lowest BCUT2D eigenvalue weighted by Crippen LogP contribution is -2.51. The fourth-order valence-electron chi connectivity index (χ4n) is 5.32. The zero-order chi connectivity index (χ0) is 21.5. The molecule has 0 spiro atoms. The van der Waals surface area contributed by atoms with Crippen LogP contribution in [0.2, 0.25) is 0 Å². The van der Waals surface area contributed by atoms with Gasteiger partial charge in [0, 0.05) is 61.8 Å². The minimum absolute atomic E-state index is 0.00635. The van der Waals surface area contributed by atoms with Gasteiger partial charge in [-0.15, -0.1) is 0 Å². The molecule has 1 saturated heterocycles. The van der Waals surface area contributed by atoms with Crippen molar-refractivity contribution in [1.82, 2.24) is 20.1 Å². The highest BCUT2D eigenvalue weighted by Crippen LogP contribution is 2.38. The Kier molecular flexibility index (Phi) is 5.58. The molecule has 3 atom stereocenters. The van der Waals surface area contributed by atoms with Gasteiger partial charge in [-0.3, -0.25) is 9.69 Å². The maximum absolute atomic E-state index is 14.5. The van der Waals surface area contributed by atoms with E-state index >= 15 is 0 Å². The lowest BCUT2D eigenvalue weighted by Gasteiger charge is -2.42. The molecule has 1 aliphatic carbocycles. The van der Waals surface area contributed by atoms with Crippen molar-refractivity contribution in [2.24, 2.45) is 11.8 Å². The number of nitrogens with one attached hydrogen (secondary N) is 2. The molecule has 0 radical (unpaired) electrons. The van der Waals surface area contributed by atoms with E-state index in [1.165, 1.54) is 11.6 Å². The Hall–Kier alpha value is -2.22. The van der Waals surface area contributed by atoms with Gasteiger partial charge in [0.25, 0.3) is 0 Å². The van der Waals surface area contributed by atoms with Crippen molar-refractivity contribution in [3.05, 3.63) is 47.4 Å². The second-order valence-corrected chi connectivity index (χ2v) is 9.29. The topological polar surface area (TPSA) is 71.6 Å². The van der Waals surface area contributed by atoms with Gasteiger partial charge in [-0.1, -0.05) is 11.6 Å². The van der Waals surface area contributed by atoms with Crippen LogP contribution in [0.5, 0.6) is 0 Å². The highest BCUT2D eigenvalue weighted by molar-refractivity contribution is 5.89. The third kappa shape index (κ3) is 4.02. The Bertz CT molecular complexity index is 999. The van der Waals surface area contributed by atoms with Gasteiger partial charge in [-0.2, -0.15) is 0 Å². The van der Waals surface area contributed by atoms with E-state index in [-0.39, 0.29) is 23.6 Å². The summed E-state index contributed by atoms with van der Waals surface area (Å²) in [4.78, 5) is 19.3. The van der Waals surface area contributed by atoms with Gasteiger partial charge in [0.2, 0.25) is 5.91 Å². The summed E-state index contributed by atoms with van der Waals surface area (Å²) in [7, 11) is 1.83. The predicted octanol–water partition coefficient (Wildman–Crippen LogP) is 2.60. The zero-order valence-corrected chi connectivity index (χ0v) is 18.0. The molecule has 3 aliphatic rings. The van der Waals surface area contributed by atoms with E-state index in [0.29, 0.717) is 18.0 Å². The van der Waals surface area contributed by atoms with Crippen LogP contribution >= 0.6 is 0 Å². The molecule has 2 aliphatic heterocycles. The van der Waals surface area contributed by atoms with E-state index in [1.54, 1.807) is 17.0 Å². The first kappa shape index (κ1) is 20.7. The monoisotopic (exact) mass is 426 g/mol. The number of halogens is 1. The van der Waals surface area contributed by atoms with E-state index < -0.39 is 6.23 Å². The predicted molar refractivity (Wildman–Crippen MR) is 118 cm³/mol. The molecule has 1 saturated carbocycles. The van der Waals surface area contributed by atoms with Crippen LogP contribution in [0, 0.1) is 17.7 Å². The lowest BCUT2D eigenvalue weighted by atomic mass is 9.77. The van der Waals surface area contributed by atoms with Crippen LogP contribution in [-0.4, -0.2) is 64.7 Å². The average molecular weight is 427 g/mol. The number of aliphatic hydroxyl groups excluding tert-OH is 1. The van der Waals surface area contributed by atoms with Crippen LogP contribution in [-0.2, 0) is 11.3 Å². The number of benzene rings is 1. The molecule has 1 aromatic carbocycles. The number of nitrogens with zero attached hydrogens (tertiary/aromatic N) is 2. The van der Waals surface area contributed by atoms with E-state index in [2.05, 4.69) is 15.2 Å². The molecule has 2 fully saturated rings. The molecule has 6 nitrogen and oxygen atoms in total. The van der Waals surface area contributed by atoms with Crippen molar-refractivity contribution >= 4 is 16.8 Å². The fourth-order valence-corrected chi connectivity index (χ4v) is 5.32. The number of hydrogen-bond donors (Lipinski definition) is 3. The molecule has 31 heavy (non-hydrogen) atoms. The Morgan fingerprint density at radius 2 is 2.16 bits per heavy atom. The normalized spacial score (nSPS) is 25.9. The Morgan fingerprint density at radius 1 is 1.32 bits per heavy atom. The van der Waals surface area contributed by atoms with Gasteiger partial charge in [0.1, 0.15) is 12.0 Å². The molecule has 1 unspecified atom stereocenters. The molecule has 0 bridgehead atoms. The van der Waals surface area contributed by atoms with Crippen molar-refractivity contribution < 1.29 is 14.3 Å². The minimum atomic E-state index is -0.641. The summed E-state index contributed by atoms with van der Waals surface area (Å²) in [5.74, 6) is 0.0224. The van der Waals surface area contributed by atoms with Crippen LogP contribution < -0.4 is 5.32 Å². The summed E-state index contributed by atoms with van der Waals surface area (Å²) in [6, 6.07) is 5.40. The number of fused-ring (bicyclic) bond motifs is 1. The smallest absolute Gasteiger partial charge is 0.246 e. The maximum Gasteiger partial charge on any atom is 0.246 e. The first-order valence-corrected chi connectivity index (χ1v) is 11.4. The van der Waals surface area contributed by atoms with Crippen molar-refractivity contribution in [3.8, 4) is 0 Å². The minimum Gasteiger partial charge on any atom is -0.378 e. The standard InChI is InChI=1S/C24H31FN4O2/c1-28-10-8-15(11-22(28)30)18-7-9-26-13-19(18)24(31)29(17-5-6-17)14-16-12-27-21-4-2-3-20(25)23(16)21/h2-4,11-12,17-19,24,26-27,31H,5-10,13-14H2,1H3/t18-,19+,24?/m1/s1. The number of carbonyl (C=O) groups excluding carboxylic acids is 1. The average Bonchev–Trinajstić information content (AvgIpc) is 3.53. The SMILES string of the molecule is CN1CCC([C@H]2CCNC[C@@H]2C(O)N(Cc2c[nH]c3cccc(F)c23)C2CC2)=CC1=O. The van der Waals surface area contributed by atoms with Crippen LogP contribution in [0.1, 0.15) is 31.2 Å². The molecule has 3 N–H and O–H groups in total. The largest absolute Gasteiger partial charge is 0.378 e. The molecule has 1 aromatic heterocycles. The number of H-pyrrole nitrogens is 1. The van der Waals surface area contributed by atoms with Crippen molar-refractivity contribution in [1.29, 1.82) is 0 Å². The second kappa shape index (κ2) is 8.37. The summed E-state index contributed by atoms with van der Waals surface area (Å²) >= 11 is 0. The van der Waals surface area contributed by atoms with E-state index in [4.69, 9.17) is 0 Å². The van der Waals surface area contributed by atoms with E-state index in [9.17, 15) is 14.3 Å². The molecule has 7 heteroatoms. The van der Waals surface area contributed by atoms with Gasteiger partial charge in [-0.25, -0.2) is 4.39 Å². The number of aromatic amines is 1. The molecule has 1 amide bonds. The van der Waals surface area contributed by atoms with Gasteiger partial charge in [-0.05, 0) is 55.8 Å². The number of likely N-dealkylation sites (N-methyl/N-ethyl adjacent to an activating group) is 1. The third-order valence-corrected chi connectivity index (χ3v) is 7.25. The summed E-state index contributed by atoms with van der Waals surface area (Å²) in [6.07, 6.45) is 6.91. The number of hydrogen-bond acceptors (Lipinski definition) is 4. The first-order chi connectivity index (χ1) is 15.0.